The molecule has 0 aliphatic rings. The summed E-state index contributed by atoms with van der Waals surface area (Å²) in [6, 6.07) is 3.61. The van der Waals surface area contributed by atoms with Gasteiger partial charge >= 0.3 is 0 Å². The van der Waals surface area contributed by atoms with Crippen molar-refractivity contribution in [1.29, 1.82) is 0 Å². The maximum absolute atomic E-state index is 6.11. The quantitative estimate of drug-likeness (QED) is 0.882. The first-order chi connectivity index (χ1) is 7.70. The summed E-state index contributed by atoms with van der Waals surface area (Å²) >= 11 is 1.68. The molecule has 2 aromatic heterocycles. The van der Waals surface area contributed by atoms with Gasteiger partial charge < -0.3 is 10.5 Å². The van der Waals surface area contributed by atoms with Gasteiger partial charge in [0.25, 0.3) is 0 Å². The van der Waals surface area contributed by atoms with Crippen molar-refractivity contribution in [3.05, 3.63) is 40.0 Å². The van der Waals surface area contributed by atoms with E-state index in [1.165, 1.54) is 11.2 Å². The molecule has 0 bridgehead atoms. The predicted octanol–water partition coefficient (Wildman–Crippen LogP) is 1.90. The van der Waals surface area contributed by atoms with Crippen molar-refractivity contribution in [2.24, 2.45) is 5.73 Å². The fourth-order valence-corrected chi connectivity index (χ4v) is 2.17. The minimum Gasteiger partial charge on any atom is -0.481 e. The molecule has 1 atom stereocenters. The second-order valence-electron chi connectivity index (χ2n) is 3.45. The molecule has 2 rings (SSSR count). The maximum atomic E-state index is 6.11. The lowest BCUT2D eigenvalue weighted by Gasteiger charge is -2.09. The molecular formula is C11H13N3OS. The van der Waals surface area contributed by atoms with E-state index in [1.807, 2.05) is 0 Å². The van der Waals surface area contributed by atoms with Crippen molar-refractivity contribution in [1.82, 2.24) is 9.97 Å². The first-order valence-corrected chi connectivity index (χ1v) is 5.75. The number of nitrogens with zero attached hydrogens (tertiary/aromatic N) is 2. The highest BCUT2D eigenvalue weighted by Crippen LogP contribution is 2.24. The summed E-state index contributed by atoms with van der Waals surface area (Å²) in [5.74, 6) is 0.535. The minimum atomic E-state index is -0.221. The lowest BCUT2D eigenvalue weighted by Crippen LogP contribution is -2.13. The summed E-state index contributed by atoms with van der Waals surface area (Å²) in [6.07, 6.45) is 1.47. The summed E-state index contributed by atoms with van der Waals surface area (Å²) < 4.78 is 5.04. The van der Waals surface area contributed by atoms with Gasteiger partial charge in [0.2, 0.25) is 5.88 Å². The van der Waals surface area contributed by atoms with Crippen LogP contribution in [0, 0.1) is 6.92 Å². The third-order valence-electron chi connectivity index (χ3n) is 2.30. The van der Waals surface area contributed by atoms with Gasteiger partial charge in [0, 0.05) is 10.9 Å². The normalized spacial score (nSPS) is 12.4. The van der Waals surface area contributed by atoms with Crippen LogP contribution in [-0.2, 0) is 0 Å². The van der Waals surface area contributed by atoms with Gasteiger partial charge in [0.15, 0.2) is 0 Å². The molecule has 0 aliphatic heterocycles. The molecule has 1 unspecified atom stereocenters. The Bertz CT molecular complexity index is 484. The van der Waals surface area contributed by atoms with Crippen LogP contribution < -0.4 is 10.5 Å². The molecule has 5 heteroatoms. The minimum absolute atomic E-state index is 0.221. The number of ether oxygens (including phenoxy) is 1. The number of nitrogens with two attached hydrogens (primary N) is 1. The second kappa shape index (κ2) is 4.59. The van der Waals surface area contributed by atoms with Crippen LogP contribution in [0.1, 0.15) is 22.2 Å². The van der Waals surface area contributed by atoms with Crippen molar-refractivity contribution < 1.29 is 4.74 Å². The summed E-state index contributed by atoms with van der Waals surface area (Å²) in [5.41, 5.74) is 7.95. The van der Waals surface area contributed by atoms with Crippen LogP contribution in [0.5, 0.6) is 5.88 Å². The Morgan fingerprint density at radius 3 is 2.81 bits per heavy atom. The molecule has 0 fully saturated rings. The molecule has 2 heterocycles. The topological polar surface area (TPSA) is 61.0 Å². The zero-order valence-electron chi connectivity index (χ0n) is 9.18. The van der Waals surface area contributed by atoms with Crippen molar-refractivity contribution in [2.75, 3.05) is 7.11 Å². The largest absolute Gasteiger partial charge is 0.481 e. The first-order valence-electron chi connectivity index (χ1n) is 4.87. The SMILES string of the molecule is COc1cc(C(N)c2csc(C)c2)ncn1. The van der Waals surface area contributed by atoms with Crippen LogP contribution in [0.25, 0.3) is 0 Å². The Kier molecular flexibility index (Phi) is 3.17. The smallest absolute Gasteiger partial charge is 0.216 e. The molecule has 0 aliphatic carbocycles. The Labute approximate surface area is 98.1 Å². The molecule has 0 aromatic carbocycles. The molecular weight excluding hydrogens is 222 g/mol. The molecule has 4 nitrogen and oxygen atoms in total. The molecule has 0 amide bonds. The number of hydrogen-bond donors (Lipinski definition) is 1. The predicted molar refractivity (Wildman–Crippen MR) is 63.7 cm³/mol. The highest BCUT2D eigenvalue weighted by atomic mass is 32.1. The molecule has 0 saturated heterocycles. The standard InChI is InChI=1S/C11H13N3OS/c1-7-3-8(5-16-7)11(12)9-4-10(15-2)14-6-13-9/h3-6,11H,12H2,1-2H3. The van der Waals surface area contributed by atoms with Gasteiger partial charge in [-0.25, -0.2) is 9.97 Å². The van der Waals surface area contributed by atoms with Gasteiger partial charge in [-0.15, -0.1) is 11.3 Å². The molecule has 0 saturated carbocycles. The Morgan fingerprint density at radius 1 is 1.38 bits per heavy atom. The fraction of sp³-hybridized carbons (Fsp3) is 0.273. The van der Waals surface area contributed by atoms with Gasteiger partial charge in [-0.05, 0) is 23.9 Å². The van der Waals surface area contributed by atoms with Gasteiger partial charge in [-0.2, -0.15) is 0 Å². The van der Waals surface area contributed by atoms with Crippen LogP contribution in [-0.4, -0.2) is 17.1 Å². The second-order valence-corrected chi connectivity index (χ2v) is 4.57. The Morgan fingerprint density at radius 2 is 2.19 bits per heavy atom. The van der Waals surface area contributed by atoms with Gasteiger partial charge in [-0.1, -0.05) is 0 Å². The molecule has 16 heavy (non-hydrogen) atoms. The van der Waals surface area contributed by atoms with Crippen LogP contribution in [0.4, 0.5) is 0 Å². The average Bonchev–Trinajstić information content (AvgIpc) is 2.75. The van der Waals surface area contributed by atoms with Crippen LogP contribution in [0.3, 0.4) is 0 Å². The number of thiophene rings is 1. The van der Waals surface area contributed by atoms with E-state index in [-0.39, 0.29) is 6.04 Å². The zero-order chi connectivity index (χ0) is 11.5. The molecule has 2 aromatic rings. The van der Waals surface area contributed by atoms with E-state index in [0.717, 1.165) is 11.3 Å². The van der Waals surface area contributed by atoms with Gasteiger partial charge in [-0.3, -0.25) is 0 Å². The van der Waals surface area contributed by atoms with Crippen molar-refractivity contribution in [2.45, 2.75) is 13.0 Å². The number of hydrogen-bond acceptors (Lipinski definition) is 5. The molecule has 0 spiro atoms. The van der Waals surface area contributed by atoms with Crippen LogP contribution >= 0.6 is 11.3 Å². The lowest BCUT2D eigenvalue weighted by molar-refractivity contribution is 0.395. The number of methoxy groups -OCH3 is 1. The Hall–Kier alpha value is -1.46. The van der Waals surface area contributed by atoms with Crippen molar-refractivity contribution >= 4 is 11.3 Å². The highest BCUT2D eigenvalue weighted by molar-refractivity contribution is 7.10. The molecule has 2 N–H and O–H groups in total. The van der Waals surface area contributed by atoms with E-state index in [4.69, 9.17) is 10.5 Å². The van der Waals surface area contributed by atoms with Gasteiger partial charge in [0.1, 0.15) is 6.33 Å². The first kappa shape index (κ1) is 11.0. The highest BCUT2D eigenvalue weighted by Gasteiger charge is 2.12. The average molecular weight is 235 g/mol. The number of aromatic nitrogens is 2. The fourth-order valence-electron chi connectivity index (χ4n) is 1.43. The van der Waals surface area contributed by atoms with E-state index in [9.17, 15) is 0 Å². The van der Waals surface area contributed by atoms with Gasteiger partial charge in [0.05, 0.1) is 18.8 Å². The maximum Gasteiger partial charge on any atom is 0.216 e. The summed E-state index contributed by atoms with van der Waals surface area (Å²) in [4.78, 5) is 9.36. The van der Waals surface area contributed by atoms with E-state index >= 15 is 0 Å². The van der Waals surface area contributed by atoms with E-state index in [1.54, 1.807) is 24.5 Å². The van der Waals surface area contributed by atoms with Crippen LogP contribution in [0.15, 0.2) is 23.8 Å². The van der Waals surface area contributed by atoms with E-state index in [0.29, 0.717) is 5.88 Å². The Balaban J connectivity index is 2.29. The third kappa shape index (κ3) is 2.20. The molecule has 0 radical (unpaired) electrons. The van der Waals surface area contributed by atoms with E-state index in [2.05, 4.69) is 28.3 Å². The van der Waals surface area contributed by atoms with Crippen molar-refractivity contribution in [3.63, 3.8) is 0 Å². The number of rotatable bonds is 3. The van der Waals surface area contributed by atoms with Crippen molar-refractivity contribution in [3.8, 4) is 5.88 Å². The summed E-state index contributed by atoms with van der Waals surface area (Å²) in [5, 5.41) is 2.05. The summed E-state index contributed by atoms with van der Waals surface area (Å²) in [7, 11) is 1.58. The van der Waals surface area contributed by atoms with E-state index < -0.39 is 0 Å². The van der Waals surface area contributed by atoms with Crippen LogP contribution in [0.2, 0.25) is 0 Å². The lowest BCUT2D eigenvalue weighted by atomic mass is 10.1. The zero-order valence-corrected chi connectivity index (χ0v) is 9.99. The third-order valence-corrected chi connectivity index (χ3v) is 3.18. The monoisotopic (exact) mass is 235 g/mol. The summed E-state index contributed by atoms with van der Waals surface area (Å²) in [6.45, 7) is 2.06. The molecule has 84 valence electrons. The number of aryl methyl sites for hydroxylation is 1.